The van der Waals surface area contributed by atoms with Gasteiger partial charge in [-0.1, -0.05) is 133 Å². The summed E-state index contributed by atoms with van der Waals surface area (Å²) in [5.74, 6) is 0.842. The molecule has 0 N–H and O–H groups in total. The number of rotatable bonds is 3. The van der Waals surface area contributed by atoms with Gasteiger partial charge in [-0.2, -0.15) is 0 Å². The number of fused-ring (bicyclic) bond motifs is 12. The number of hydrogen-bond acceptors (Lipinski definition) is 4. The normalized spacial score (nSPS) is 12.2. The van der Waals surface area contributed by atoms with E-state index in [0.29, 0.717) is 0 Å². The molecule has 12 rings (SSSR count). The lowest BCUT2D eigenvalue weighted by atomic mass is 10.0. The van der Waals surface area contributed by atoms with E-state index >= 15 is 0 Å². The van der Waals surface area contributed by atoms with Gasteiger partial charge < -0.3 is 0 Å². The predicted molar refractivity (Wildman–Crippen MR) is 228 cm³/mol. The summed E-state index contributed by atoms with van der Waals surface area (Å²) in [6.07, 6.45) is 0. The van der Waals surface area contributed by atoms with Crippen molar-refractivity contribution in [3.8, 4) is 28.2 Å². The fourth-order valence-electron chi connectivity index (χ4n) is 8.24. The van der Waals surface area contributed by atoms with Crippen LogP contribution >= 0.6 is 22.7 Å². The third-order valence-electron chi connectivity index (χ3n) is 10.8. The Morgan fingerprint density at radius 2 is 1.06 bits per heavy atom. The minimum atomic E-state index is 0.842. The number of hydrogen-bond donors (Lipinski definition) is 0. The molecule has 0 spiro atoms. The molecule has 0 aliphatic carbocycles. The molecule has 12 aromatic rings. The maximum Gasteiger partial charge on any atom is 0.165 e. The topological polar surface area (TPSA) is 30.7 Å². The SMILES string of the molecule is c1ccc(-c2ccc(-c3nc4sc5ccccc5c4nc3-n3c4cc5ccccc5cc4c4cc5c(cc43)sc3c4ccccc4ccc53)cc2)cc1. The third-order valence-corrected chi connectivity index (χ3v) is 13.0. The van der Waals surface area contributed by atoms with Gasteiger partial charge in [-0.3, -0.25) is 4.57 Å². The second-order valence-corrected chi connectivity index (χ2v) is 15.9. The molecule has 0 atom stereocenters. The fraction of sp³-hybridized carbons (Fsp3) is 0. The van der Waals surface area contributed by atoms with E-state index in [1.54, 1.807) is 11.3 Å². The Labute approximate surface area is 311 Å². The van der Waals surface area contributed by atoms with Crippen LogP contribution in [0.4, 0.5) is 0 Å². The summed E-state index contributed by atoms with van der Waals surface area (Å²) in [4.78, 5) is 12.1. The van der Waals surface area contributed by atoms with Crippen LogP contribution in [0, 0.1) is 0 Å². The second-order valence-electron chi connectivity index (χ2n) is 13.8. The molecule has 0 aliphatic rings. The average Bonchev–Trinajstić information content (AvgIpc) is 3.87. The van der Waals surface area contributed by atoms with E-state index < -0.39 is 0 Å². The van der Waals surface area contributed by atoms with Crippen molar-refractivity contribution in [2.45, 2.75) is 0 Å². The molecule has 4 heterocycles. The molecule has 0 amide bonds. The van der Waals surface area contributed by atoms with Crippen molar-refractivity contribution < 1.29 is 0 Å². The van der Waals surface area contributed by atoms with Crippen LogP contribution in [0.3, 0.4) is 0 Å². The molecule has 8 aromatic carbocycles. The van der Waals surface area contributed by atoms with E-state index in [0.717, 1.165) is 43.8 Å². The van der Waals surface area contributed by atoms with Crippen LogP contribution in [-0.4, -0.2) is 14.5 Å². The van der Waals surface area contributed by atoms with Gasteiger partial charge in [0.25, 0.3) is 0 Å². The van der Waals surface area contributed by atoms with E-state index in [2.05, 4.69) is 168 Å². The Bertz CT molecular complexity index is 3440. The third kappa shape index (κ3) is 4.32. The highest BCUT2D eigenvalue weighted by atomic mass is 32.1. The van der Waals surface area contributed by atoms with Crippen LogP contribution in [0.25, 0.3) is 112 Å². The highest BCUT2D eigenvalue weighted by molar-refractivity contribution is 7.26. The van der Waals surface area contributed by atoms with Crippen molar-refractivity contribution in [3.05, 3.63) is 164 Å². The van der Waals surface area contributed by atoms with Crippen LogP contribution < -0.4 is 0 Å². The summed E-state index contributed by atoms with van der Waals surface area (Å²) in [5.41, 5.74) is 7.48. The molecule has 0 saturated carbocycles. The summed E-state index contributed by atoms with van der Waals surface area (Å²) in [6, 6.07) is 59.4. The van der Waals surface area contributed by atoms with E-state index in [-0.39, 0.29) is 0 Å². The van der Waals surface area contributed by atoms with E-state index in [4.69, 9.17) is 9.97 Å². The van der Waals surface area contributed by atoms with Gasteiger partial charge in [0.05, 0.1) is 11.0 Å². The first kappa shape index (κ1) is 29.2. The Kier molecular flexibility index (Phi) is 6.09. The fourth-order valence-corrected chi connectivity index (χ4v) is 10.5. The minimum absolute atomic E-state index is 0.842. The molecule has 0 bridgehead atoms. The average molecular weight is 710 g/mol. The Hall–Kier alpha value is -6.40. The highest BCUT2D eigenvalue weighted by Gasteiger charge is 2.23. The lowest BCUT2D eigenvalue weighted by molar-refractivity contribution is 1.09. The van der Waals surface area contributed by atoms with E-state index in [1.807, 2.05) is 11.3 Å². The summed E-state index contributed by atoms with van der Waals surface area (Å²) in [6.45, 7) is 0. The molecule has 0 saturated heterocycles. The zero-order chi connectivity index (χ0) is 34.6. The standard InChI is InChI=1S/C48H27N3S2/c1-2-10-28(11-3-1)29-18-20-31(21-19-29)44-47(49-45-36-16-8-9-17-42(36)53-48(45)50-44)51-40-25-33-14-5-4-13-32(33)24-37(40)38-26-39-35-23-22-30-12-6-7-15-34(30)46(35)52-43(39)27-41(38)51/h1-27H. The first-order valence-corrected chi connectivity index (χ1v) is 19.4. The van der Waals surface area contributed by atoms with Gasteiger partial charge in [-0.25, -0.2) is 9.97 Å². The molecule has 5 heteroatoms. The Morgan fingerprint density at radius 1 is 0.396 bits per heavy atom. The zero-order valence-electron chi connectivity index (χ0n) is 28.2. The summed E-state index contributed by atoms with van der Waals surface area (Å²) in [5, 5.41) is 11.2. The van der Waals surface area contributed by atoms with Gasteiger partial charge in [0.2, 0.25) is 0 Å². The monoisotopic (exact) mass is 709 g/mol. The molecule has 0 aliphatic heterocycles. The van der Waals surface area contributed by atoms with Gasteiger partial charge in [0.15, 0.2) is 5.82 Å². The first-order chi connectivity index (χ1) is 26.2. The number of thiophene rings is 2. The quantitative estimate of drug-likeness (QED) is 0.183. The van der Waals surface area contributed by atoms with Crippen molar-refractivity contribution in [1.29, 1.82) is 0 Å². The molecule has 0 unspecified atom stereocenters. The molecule has 4 aromatic heterocycles. The Morgan fingerprint density at radius 3 is 1.91 bits per heavy atom. The van der Waals surface area contributed by atoms with Crippen LogP contribution in [0.5, 0.6) is 0 Å². The molecule has 0 fully saturated rings. The van der Waals surface area contributed by atoms with Gasteiger partial charge in [-0.05, 0) is 63.0 Å². The Balaban J connectivity index is 1.21. The summed E-state index contributed by atoms with van der Waals surface area (Å²) in [7, 11) is 0. The molecular formula is C48H27N3S2. The number of aromatic nitrogens is 3. The lowest BCUT2D eigenvalue weighted by Gasteiger charge is -2.13. The lowest BCUT2D eigenvalue weighted by Crippen LogP contribution is -2.03. The van der Waals surface area contributed by atoms with Crippen molar-refractivity contribution >= 4 is 107 Å². The smallest absolute Gasteiger partial charge is 0.165 e. The van der Waals surface area contributed by atoms with Gasteiger partial charge >= 0.3 is 0 Å². The van der Waals surface area contributed by atoms with E-state index in [9.17, 15) is 0 Å². The van der Waals surface area contributed by atoms with Gasteiger partial charge in [0.1, 0.15) is 16.0 Å². The van der Waals surface area contributed by atoms with Crippen molar-refractivity contribution in [3.63, 3.8) is 0 Å². The molecule has 246 valence electrons. The minimum Gasteiger partial charge on any atom is -0.292 e. The van der Waals surface area contributed by atoms with Crippen molar-refractivity contribution in [2.24, 2.45) is 0 Å². The highest BCUT2D eigenvalue weighted by Crippen LogP contribution is 2.45. The predicted octanol–water partition coefficient (Wildman–Crippen LogP) is 13.9. The van der Waals surface area contributed by atoms with Crippen LogP contribution in [0.2, 0.25) is 0 Å². The van der Waals surface area contributed by atoms with Crippen LogP contribution in [0.15, 0.2) is 164 Å². The van der Waals surface area contributed by atoms with Gasteiger partial charge in [-0.15, -0.1) is 22.7 Å². The van der Waals surface area contributed by atoms with Gasteiger partial charge in [0, 0.05) is 46.6 Å². The zero-order valence-corrected chi connectivity index (χ0v) is 29.9. The number of nitrogens with zero attached hydrogens (tertiary/aromatic N) is 3. The van der Waals surface area contributed by atoms with E-state index in [1.165, 1.54) is 68.3 Å². The maximum absolute atomic E-state index is 5.62. The van der Waals surface area contributed by atoms with Crippen LogP contribution in [-0.2, 0) is 0 Å². The van der Waals surface area contributed by atoms with Crippen molar-refractivity contribution in [1.82, 2.24) is 14.5 Å². The second kappa shape index (κ2) is 11.1. The maximum atomic E-state index is 5.62. The largest absolute Gasteiger partial charge is 0.292 e. The summed E-state index contributed by atoms with van der Waals surface area (Å²) < 4.78 is 6.18. The molecule has 0 radical (unpaired) electrons. The first-order valence-electron chi connectivity index (χ1n) is 17.8. The summed E-state index contributed by atoms with van der Waals surface area (Å²) >= 11 is 3.59. The number of benzene rings is 8. The van der Waals surface area contributed by atoms with Crippen molar-refractivity contribution in [2.75, 3.05) is 0 Å². The molecule has 53 heavy (non-hydrogen) atoms. The molecular weight excluding hydrogens is 683 g/mol. The molecule has 3 nitrogen and oxygen atoms in total. The van der Waals surface area contributed by atoms with Crippen LogP contribution in [0.1, 0.15) is 0 Å².